The van der Waals surface area contributed by atoms with Gasteiger partial charge in [0.2, 0.25) is 0 Å². The molecule has 0 bridgehead atoms. The molecule has 98 valence electrons. The maximum atomic E-state index is 12.3. The summed E-state index contributed by atoms with van der Waals surface area (Å²) in [5.74, 6) is -0.288. The lowest BCUT2D eigenvalue weighted by molar-refractivity contribution is 0.104. The van der Waals surface area contributed by atoms with E-state index in [1.807, 2.05) is 6.92 Å². The van der Waals surface area contributed by atoms with Crippen molar-refractivity contribution in [3.05, 3.63) is 41.0 Å². The summed E-state index contributed by atoms with van der Waals surface area (Å²) in [5.41, 5.74) is 9.37. The summed E-state index contributed by atoms with van der Waals surface area (Å²) in [6.45, 7) is 1.83. The van der Waals surface area contributed by atoms with Gasteiger partial charge in [-0.15, -0.1) is 0 Å². The molecule has 0 saturated carbocycles. The van der Waals surface area contributed by atoms with Crippen LogP contribution in [0.5, 0.6) is 0 Å². The van der Waals surface area contributed by atoms with Crippen LogP contribution in [0.1, 0.15) is 29.3 Å². The summed E-state index contributed by atoms with van der Waals surface area (Å²) in [4.78, 5) is 12.3. The highest BCUT2D eigenvalue weighted by molar-refractivity contribution is 7.80. The molecule has 0 fully saturated rings. The number of carbonyl (C=O) groups is 1. The number of hydrazone groups is 1. The molecule has 5 nitrogen and oxygen atoms in total. The molecule has 0 radical (unpaired) electrons. The van der Waals surface area contributed by atoms with Crippen LogP contribution in [0.4, 0.5) is 0 Å². The number of carbonyl (C=O) groups excluding carboxylic acids is 1. The Balaban J connectivity index is 2.46. The zero-order valence-corrected chi connectivity index (χ0v) is 11.1. The number of allylic oxidation sites excluding steroid dienone is 1. The largest absolute Gasteiger partial charge is 0.506 e. The van der Waals surface area contributed by atoms with E-state index in [1.165, 1.54) is 0 Å². The van der Waals surface area contributed by atoms with Gasteiger partial charge in [-0.2, -0.15) is 5.10 Å². The average molecular weight is 275 g/mol. The molecule has 2 rings (SSSR count). The minimum absolute atomic E-state index is 0.00833. The molecule has 0 aliphatic heterocycles. The van der Waals surface area contributed by atoms with Gasteiger partial charge >= 0.3 is 0 Å². The fraction of sp³-hybridized carbons (Fsp3) is 0.154. The van der Waals surface area contributed by atoms with E-state index in [4.69, 9.17) is 5.73 Å². The molecular formula is C13H13N3O2S. The van der Waals surface area contributed by atoms with Crippen molar-refractivity contribution >= 4 is 34.6 Å². The Kier molecular flexibility index (Phi) is 3.62. The number of aliphatic hydroxyl groups excluding tert-OH is 1. The van der Waals surface area contributed by atoms with E-state index in [9.17, 15) is 9.90 Å². The van der Waals surface area contributed by atoms with Crippen molar-refractivity contribution in [2.75, 3.05) is 0 Å². The van der Waals surface area contributed by atoms with Crippen molar-refractivity contribution in [2.45, 2.75) is 13.3 Å². The molecule has 0 unspecified atom stereocenters. The van der Waals surface area contributed by atoms with Crippen LogP contribution in [0.15, 0.2) is 34.9 Å². The molecule has 1 aliphatic carbocycles. The summed E-state index contributed by atoms with van der Waals surface area (Å²) >= 11 is 4.66. The molecule has 19 heavy (non-hydrogen) atoms. The van der Waals surface area contributed by atoms with Crippen LogP contribution in [0, 0.1) is 0 Å². The van der Waals surface area contributed by atoms with E-state index in [0.29, 0.717) is 23.3 Å². The zero-order valence-electron chi connectivity index (χ0n) is 10.3. The number of thiocarbonyl (C=S) groups is 1. The second-order valence-electron chi connectivity index (χ2n) is 3.99. The van der Waals surface area contributed by atoms with Gasteiger partial charge in [0.1, 0.15) is 5.76 Å². The normalized spacial score (nSPS) is 14.6. The molecule has 4 N–H and O–H groups in total. The summed E-state index contributed by atoms with van der Waals surface area (Å²) in [6, 6.07) is 6.89. The lowest BCUT2D eigenvalue weighted by atomic mass is 10.0. The first-order chi connectivity index (χ1) is 9.06. The predicted molar refractivity (Wildman–Crippen MR) is 78.0 cm³/mol. The van der Waals surface area contributed by atoms with E-state index in [2.05, 4.69) is 22.7 Å². The average Bonchev–Trinajstić information content (AvgIpc) is 2.65. The Labute approximate surface area is 115 Å². The van der Waals surface area contributed by atoms with Crippen LogP contribution < -0.4 is 11.2 Å². The Morgan fingerprint density at radius 3 is 2.58 bits per heavy atom. The van der Waals surface area contributed by atoms with Crippen molar-refractivity contribution in [2.24, 2.45) is 10.8 Å². The first-order valence-electron chi connectivity index (χ1n) is 5.76. The van der Waals surface area contributed by atoms with Gasteiger partial charge in [-0.3, -0.25) is 10.2 Å². The van der Waals surface area contributed by atoms with Gasteiger partial charge in [-0.25, -0.2) is 0 Å². The van der Waals surface area contributed by atoms with Gasteiger partial charge < -0.3 is 10.8 Å². The van der Waals surface area contributed by atoms with Crippen LogP contribution >= 0.6 is 12.2 Å². The minimum Gasteiger partial charge on any atom is -0.506 e. The van der Waals surface area contributed by atoms with E-state index >= 15 is 0 Å². The number of nitrogens with zero attached hydrogens (tertiary/aromatic N) is 1. The van der Waals surface area contributed by atoms with Gasteiger partial charge in [0, 0.05) is 11.1 Å². The number of ketones is 1. The molecule has 0 spiro atoms. The van der Waals surface area contributed by atoms with E-state index < -0.39 is 0 Å². The van der Waals surface area contributed by atoms with Crippen LogP contribution in [0.25, 0.3) is 5.76 Å². The van der Waals surface area contributed by atoms with Crippen LogP contribution in [0.3, 0.4) is 0 Å². The highest BCUT2D eigenvalue weighted by atomic mass is 32.1. The maximum Gasteiger partial charge on any atom is 0.199 e. The van der Waals surface area contributed by atoms with Gasteiger partial charge in [0.25, 0.3) is 0 Å². The van der Waals surface area contributed by atoms with Gasteiger partial charge in [0.05, 0.1) is 11.3 Å². The quantitative estimate of drug-likeness (QED) is 0.444. The van der Waals surface area contributed by atoms with Crippen molar-refractivity contribution in [1.29, 1.82) is 0 Å². The number of Topliss-reactive ketones (excluding diaryl/α,β-unsaturated/α-hetero) is 1. The minimum atomic E-state index is -0.238. The fourth-order valence-electron chi connectivity index (χ4n) is 1.97. The van der Waals surface area contributed by atoms with Crippen LogP contribution in [-0.4, -0.2) is 21.7 Å². The molecule has 0 heterocycles. The predicted octanol–water partition coefficient (Wildman–Crippen LogP) is 1.75. The number of aliphatic hydroxyl groups is 1. The Bertz CT molecular complexity index is 620. The number of hydrogen-bond donors (Lipinski definition) is 3. The summed E-state index contributed by atoms with van der Waals surface area (Å²) in [5, 5.41) is 14.1. The molecule has 1 aliphatic rings. The summed E-state index contributed by atoms with van der Waals surface area (Å²) in [7, 11) is 0. The van der Waals surface area contributed by atoms with Crippen molar-refractivity contribution < 1.29 is 9.90 Å². The third-order valence-electron chi connectivity index (χ3n) is 2.82. The Morgan fingerprint density at radius 1 is 1.42 bits per heavy atom. The smallest absolute Gasteiger partial charge is 0.199 e. The SMILES string of the molecule is CCC(=NNC(N)=S)C1=C(O)c2ccccc2C1=O. The van der Waals surface area contributed by atoms with E-state index in [-0.39, 0.29) is 22.2 Å². The number of nitrogens with one attached hydrogen (secondary N) is 1. The third-order valence-corrected chi connectivity index (χ3v) is 2.91. The first kappa shape index (κ1) is 13.2. The van der Waals surface area contributed by atoms with Crippen molar-refractivity contribution in [1.82, 2.24) is 5.43 Å². The first-order valence-corrected chi connectivity index (χ1v) is 6.16. The fourth-order valence-corrected chi connectivity index (χ4v) is 2.01. The molecule has 6 heteroatoms. The lowest BCUT2D eigenvalue weighted by Gasteiger charge is -2.05. The number of nitrogens with two attached hydrogens (primary N) is 1. The highest BCUT2D eigenvalue weighted by Gasteiger charge is 2.31. The van der Waals surface area contributed by atoms with E-state index in [1.54, 1.807) is 24.3 Å². The molecule has 1 aromatic rings. The number of hydrogen-bond acceptors (Lipinski definition) is 4. The van der Waals surface area contributed by atoms with E-state index in [0.717, 1.165) is 0 Å². The third kappa shape index (κ3) is 2.34. The van der Waals surface area contributed by atoms with Crippen LogP contribution in [-0.2, 0) is 0 Å². The number of rotatable bonds is 3. The second kappa shape index (κ2) is 5.19. The number of benzene rings is 1. The molecule has 0 atom stereocenters. The van der Waals surface area contributed by atoms with Gasteiger partial charge in [-0.05, 0) is 18.6 Å². The monoisotopic (exact) mass is 275 g/mol. The Morgan fingerprint density at radius 2 is 2.05 bits per heavy atom. The van der Waals surface area contributed by atoms with Crippen molar-refractivity contribution in [3.8, 4) is 0 Å². The second-order valence-corrected chi connectivity index (χ2v) is 4.43. The van der Waals surface area contributed by atoms with Gasteiger partial charge in [0.15, 0.2) is 10.9 Å². The molecule has 1 aromatic carbocycles. The van der Waals surface area contributed by atoms with Gasteiger partial charge in [-0.1, -0.05) is 31.2 Å². The molecule has 0 amide bonds. The van der Waals surface area contributed by atoms with Crippen LogP contribution in [0.2, 0.25) is 0 Å². The molecule has 0 saturated heterocycles. The summed E-state index contributed by atoms with van der Waals surface area (Å²) < 4.78 is 0. The standard InChI is InChI=1S/C13H13N3O2S/c1-2-9(15-16-13(14)19)10-11(17)7-5-3-4-6-8(7)12(10)18/h3-6,17H,2H2,1H3,(H3,14,16,19). The highest BCUT2D eigenvalue weighted by Crippen LogP contribution is 2.31. The Hall–Kier alpha value is -2.21. The summed E-state index contributed by atoms with van der Waals surface area (Å²) in [6.07, 6.45) is 0.467. The van der Waals surface area contributed by atoms with Crippen molar-refractivity contribution in [3.63, 3.8) is 0 Å². The maximum absolute atomic E-state index is 12.3. The molecular weight excluding hydrogens is 262 g/mol. The zero-order chi connectivity index (χ0) is 14.0. The lowest BCUT2D eigenvalue weighted by Crippen LogP contribution is -2.26. The topological polar surface area (TPSA) is 87.7 Å². The number of fused-ring (bicyclic) bond motifs is 1. The molecule has 0 aromatic heterocycles.